The molecule has 1 saturated carbocycles. The summed E-state index contributed by atoms with van der Waals surface area (Å²) in [5, 5.41) is 2.24. The molecule has 5 atom stereocenters. The number of hydrogen-bond donors (Lipinski definition) is 2. The van der Waals surface area contributed by atoms with Crippen LogP contribution in [0.15, 0.2) is 18.2 Å². The van der Waals surface area contributed by atoms with Gasteiger partial charge >= 0.3 is 0 Å². The van der Waals surface area contributed by atoms with E-state index in [1.807, 2.05) is 26.8 Å². The van der Waals surface area contributed by atoms with Crippen LogP contribution in [0.25, 0.3) is 0 Å². The first kappa shape index (κ1) is 24.9. The number of morpholine rings is 1. The summed E-state index contributed by atoms with van der Waals surface area (Å²) in [6, 6.07) is 4.71. The highest BCUT2D eigenvalue weighted by Gasteiger charge is 2.34. The summed E-state index contributed by atoms with van der Waals surface area (Å²) in [5.74, 6) is -0.938. The zero-order valence-electron chi connectivity index (χ0n) is 19.6. The molecular weight excluding hydrogens is 433 g/mol. The van der Waals surface area contributed by atoms with Crippen molar-refractivity contribution in [1.82, 2.24) is 4.72 Å². The van der Waals surface area contributed by atoms with E-state index in [2.05, 4.69) is 14.9 Å². The van der Waals surface area contributed by atoms with Gasteiger partial charge in [-0.1, -0.05) is 6.92 Å². The van der Waals surface area contributed by atoms with Crippen molar-refractivity contribution in [3.05, 3.63) is 24.0 Å². The summed E-state index contributed by atoms with van der Waals surface area (Å²) in [4.78, 5) is 14.9. The third-order valence-electron chi connectivity index (χ3n) is 6.47. The van der Waals surface area contributed by atoms with Gasteiger partial charge in [0.25, 0.3) is 0 Å². The minimum Gasteiger partial charge on any atom is -0.372 e. The number of carbonyl (C=O) groups is 1. The van der Waals surface area contributed by atoms with Crippen LogP contribution >= 0.6 is 0 Å². The molecule has 0 radical (unpaired) electrons. The second-order valence-corrected chi connectivity index (χ2v) is 11.9. The Bertz CT molecular complexity index is 914. The molecule has 0 bridgehead atoms. The molecule has 32 heavy (non-hydrogen) atoms. The van der Waals surface area contributed by atoms with Gasteiger partial charge in [0.2, 0.25) is 15.9 Å². The van der Waals surface area contributed by atoms with Crippen molar-refractivity contribution in [2.75, 3.05) is 23.3 Å². The molecule has 180 valence electrons. The van der Waals surface area contributed by atoms with Crippen molar-refractivity contribution in [2.24, 2.45) is 11.8 Å². The maximum atomic E-state index is 14.8. The summed E-state index contributed by atoms with van der Waals surface area (Å²) < 4.78 is 47.6. The van der Waals surface area contributed by atoms with Crippen molar-refractivity contribution in [3.8, 4) is 0 Å². The van der Waals surface area contributed by atoms with Crippen LogP contribution in [0.2, 0.25) is 0 Å². The van der Waals surface area contributed by atoms with Gasteiger partial charge in [-0.2, -0.15) is 0 Å². The Kier molecular flexibility index (Phi) is 7.83. The largest absolute Gasteiger partial charge is 0.372 e. The van der Waals surface area contributed by atoms with Gasteiger partial charge in [-0.15, -0.1) is 0 Å². The fourth-order valence-corrected chi connectivity index (χ4v) is 5.63. The van der Waals surface area contributed by atoms with Crippen LogP contribution in [0, 0.1) is 17.7 Å². The Labute approximate surface area is 191 Å². The van der Waals surface area contributed by atoms with Crippen LogP contribution < -0.4 is 14.9 Å². The quantitative estimate of drug-likeness (QED) is 0.666. The summed E-state index contributed by atoms with van der Waals surface area (Å²) in [7, 11) is -3.36. The average Bonchev–Trinajstić information content (AvgIpc) is 2.70. The Hall–Kier alpha value is -1.71. The number of rotatable bonds is 6. The predicted molar refractivity (Wildman–Crippen MR) is 125 cm³/mol. The summed E-state index contributed by atoms with van der Waals surface area (Å²) in [5.41, 5.74) is 0.942. The first-order chi connectivity index (χ1) is 15.0. The number of nitrogens with one attached hydrogen (secondary N) is 2. The Morgan fingerprint density at radius 1 is 1.16 bits per heavy atom. The number of nitrogens with zero attached hydrogens (tertiary/aromatic N) is 1. The fourth-order valence-electron chi connectivity index (χ4n) is 4.58. The fraction of sp³-hybridized carbons (Fsp3) is 0.696. The smallest absolute Gasteiger partial charge is 0.227 e. The topological polar surface area (TPSA) is 87.7 Å². The van der Waals surface area contributed by atoms with Gasteiger partial charge in [-0.25, -0.2) is 17.5 Å². The lowest BCUT2D eigenvalue weighted by atomic mass is 9.79. The number of anilines is 2. The Morgan fingerprint density at radius 2 is 1.81 bits per heavy atom. The normalized spacial score (nSPS) is 29.2. The number of carbonyl (C=O) groups excluding carboxylic acids is 1. The number of hydrogen-bond acceptors (Lipinski definition) is 5. The van der Waals surface area contributed by atoms with E-state index in [1.165, 1.54) is 6.07 Å². The SMILES string of the molecule is CC1C[C@H](C(=O)Nc2ccc(N3C[C@@H](C)O[C@@H](C)C3)cc2F)CC[C@H]1NS(=O)(=O)C(C)C. The van der Waals surface area contributed by atoms with Crippen molar-refractivity contribution >= 4 is 27.3 Å². The number of halogens is 1. The van der Waals surface area contributed by atoms with E-state index in [1.54, 1.807) is 19.9 Å². The van der Waals surface area contributed by atoms with E-state index in [0.29, 0.717) is 32.4 Å². The molecule has 1 aromatic rings. The molecule has 9 heteroatoms. The summed E-state index contributed by atoms with van der Waals surface area (Å²) in [6.45, 7) is 10.6. The number of benzene rings is 1. The maximum absolute atomic E-state index is 14.8. The zero-order chi connectivity index (χ0) is 23.6. The Morgan fingerprint density at radius 3 is 2.38 bits per heavy atom. The zero-order valence-corrected chi connectivity index (χ0v) is 20.4. The monoisotopic (exact) mass is 469 g/mol. The highest BCUT2D eigenvalue weighted by molar-refractivity contribution is 7.90. The summed E-state index contributed by atoms with van der Waals surface area (Å²) >= 11 is 0. The van der Waals surface area contributed by atoms with Gasteiger partial charge < -0.3 is 15.0 Å². The van der Waals surface area contributed by atoms with Gasteiger partial charge in [-0.3, -0.25) is 4.79 Å². The van der Waals surface area contributed by atoms with Gasteiger partial charge in [-0.05, 0) is 71.1 Å². The van der Waals surface area contributed by atoms with E-state index in [-0.39, 0.29) is 41.7 Å². The van der Waals surface area contributed by atoms with Crippen LogP contribution in [-0.2, 0) is 19.6 Å². The third-order valence-corrected chi connectivity index (χ3v) is 8.34. The van der Waals surface area contributed by atoms with Crippen molar-refractivity contribution in [1.29, 1.82) is 0 Å². The molecule has 3 rings (SSSR count). The molecule has 0 aromatic heterocycles. The lowest BCUT2D eigenvalue weighted by Gasteiger charge is -2.37. The first-order valence-electron chi connectivity index (χ1n) is 11.5. The van der Waals surface area contributed by atoms with E-state index in [9.17, 15) is 17.6 Å². The average molecular weight is 470 g/mol. The van der Waals surface area contributed by atoms with Crippen LogP contribution in [0.3, 0.4) is 0 Å². The molecule has 2 fully saturated rings. The standard InChI is InChI=1S/C23H36FN3O4S/c1-14(2)32(29,30)26-21-8-6-18(10-15(21)3)23(28)25-22-9-7-19(11-20(22)24)27-12-16(4)31-17(5)13-27/h7,9,11,14-18,21,26H,6,8,10,12-13H2,1-5H3,(H,25,28)/t15?,16-,17+,18-,21-/m1/s1. The van der Waals surface area contributed by atoms with Crippen molar-refractivity contribution in [2.45, 2.75) is 77.4 Å². The molecule has 1 heterocycles. The number of sulfonamides is 1. The second kappa shape index (κ2) is 10.1. The van der Waals surface area contributed by atoms with Gasteiger partial charge in [0.05, 0.1) is 23.1 Å². The molecule has 7 nitrogen and oxygen atoms in total. The molecule has 1 unspecified atom stereocenters. The summed E-state index contributed by atoms with van der Waals surface area (Å²) in [6.07, 6.45) is 1.84. The van der Waals surface area contributed by atoms with E-state index < -0.39 is 21.1 Å². The minimum absolute atomic E-state index is 0.0190. The van der Waals surface area contributed by atoms with Crippen LogP contribution in [0.4, 0.5) is 15.8 Å². The van der Waals surface area contributed by atoms with E-state index >= 15 is 0 Å². The lowest BCUT2D eigenvalue weighted by molar-refractivity contribution is -0.121. The molecule has 1 amide bonds. The van der Waals surface area contributed by atoms with Crippen molar-refractivity contribution in [3.63, 3.8) is 0 Å². The lowest BCUT2D eigenvalue weighted by Crippen LogP contribution is -2.46. The highest BCUT2D eigenvalue weighted by Crippen LogP contribution is 2.32. The van der Waals surface area contributed by atoms with Crippen molar-refractivity contribution < 1.29 is 22.3 Å². The molecule has 0 spiro atoms. The maximum Gasteiger partial charge on any atom is 0.227 e. The third kappa shape index (κ3) is 5.99. The number of ether oxygens (including phenoxy) is 1. The van der Waals surface area contributed by atoms with Crippen LogP contribution in [0.1, 0.15) is 53.9 Å². The molecule has 1 aliphatic heterocycles. The predicted octanol–water partition coefficient (Wildman–Crippen LogP) is 3.51. The van der Waals surface area contributed by atoms with Gasteiger partial charge in [0.15, 0.2) is 0 Å². The van der Waals surface area contributed by atoms with E-state index in [4.69, 9.17) is 4.74 Å². The molecule has 2 N–H and O–H groups in total. The Balaban J connectivity index is 1.59. The van der Waals surface area contributed by atoms with Crippen LogP contribution in [-0.4, -0.2) is 50.9 Å². The molecule has 1 aliphatic carbocycles. The minimum atomic E-state index is -3.36. The number of amides is 1. The molecular formula is C23H36FN3O4S. The van der Waals surface area contributed by atoms with E-state index in [0.717, 1.165) is 5.69 Å². The molecule has 2 aliphatic rings. The second-order valence-electron chi connectivity index (χ2n) is 9.62. The molecule has 1 saturated heterocycles. The molecule has 1 aromatic carbocycles. The van der Waals surface area contributed by atoms with Crippen LogP contribution in [0.5, 0.6) is 0 Å². The van der Waals surface area contributed by atoms with Gasteiger partial charge in [0.1, 0.15) is 5.82 Å². The first-order valence-corrected chi connectivity index (χ1v) is 13.0. The van der Waals surface area contributed by atoms with Gasteiger partial charge in [0, 0.05) is 30.7 Å². The highest BCUT2D eigenvalue weighted by atomic mass is 32.2.